The summed E-state index contributed by atoms with van der Waals surface area (Å²) in [5, 5.41) is 10.3. The largest absolute Gasteiger partial charge is 0.491 e. The van der Waals surface area contributed by atoms with Crippen LogP contribution in [0.3, 0.4) is 0 Å². The van der Waals surface area contributed by atoms with Crippen LogP contribution in [0.2, 0.25) is 0 Å². The van der Waals surface area contributed by atoms with E-state index in [-0.39, 0.29) is 6.61 Å². The van der Waals surface area contributed by atoms with Gasteiger partial charge in [-0.1, -0.05) is 18.2 Å². The number of methoxy groups -OCH3 is 1. The second-order valence-corrected chi connectivity index (χ2v) is 7.76. The van der Waals surface area contributed by atoms with Gasteiger partial charge in [0.1, 0.15) is 18.5 Å². The lowest BCUT2D eigenvalue weighted by molar-refractivity contribution is -0.137. The maximum absolute atomic E-state index is 12.9. The average molecular weight is 452 g/mol. The molecule has 174 valence electrons. The molecule has 0 saturated carbocycles. The number of carbonyl (C=O) groups is 1. The van der Waals surface area contributed by atoms with Crippen LogP contribution in [-0.4, -0.2) is 73.4 Å². The molecule has 1 aliphatic heterocycles. The van der Waals surface area contributed by atoms with E-state index in [4.69, 9.17) is 4.74 Å². The lowest BCUT2D eigenvalue weighted by atomic mass is 10.1. The molecular formula is C23H27F3N2O4. The zero-order valence-electron chi connectivity index (χ0n) is 17.8. The molecule has 32 heavy (non-hydrogen) atoms. The molecular weight excluding hydrogens is 425 g/mol. The summed E-state index contributed by atoms with van der Waals surface area (Å²) >= 11 is 0. The Morgan fingerprint density at radius 2 is 1.72 bits per heavy atom. The molecule has 2 aromatic rings. The van der Waals surface area contributed by atoms with Gasteiger partial charge in [0.25, 0.3) is 0 Å². The zero-order valence-corrected chi connectivity index (χ0v) is 17.8. The molecule has 3 rings (SSSR count). The summed E-state index contributed by atoms with van der Waals surface area (Å²) in [6, 6.07) is 11.9. The van der Waals surface area contributed by atoms with Crippen molar-refractivity contribution in [3.8, 4) is 5.75 Å². The van der Waals surface area contributed by atoms with E-state index in [1.54, 1.807) is 30.3 Å². The quantitative estimate of drug-likeness (QED) is 0.622. The number of hydrogen-bond donors (Lipinski definition) is 1. The molecule has 0 aromatic heterocycles. The number of hydrogen-bond acceptors (Lipinski definition) is 6. The molecule has 0 bridgehead atoms. The minimum Gasteiger partial charge on any atom is -0.491 e. The van der Waals surface area contributed by atoms with Crippen molar-refractivity contribution < 1.29 is 32.5 Å². The monoisotopic (exact) mass is 452 g/mol. The first-order valence-electron chi connectivity index (χ1n) is 10.3. The highest BCUT2D eigenvalue weighted by atomic mass is 19.4. The number of rotatable bonds is 8. The van der Waals surface area contributed by atoms with E-state index in [1.165, 1.54) is 19.2 Å². The number of halogens is 3. The molecule has 6 nitrogen and oxygen atoms in total. The lowest BCUT2D eigenvalue weighted by Crippen LogP contribution is -2.48. The second kappa shape index (κ2) is 10.8. The Balaban J connectivity index is 1.39. The first-order valence-corrected chi connectivity index (χ1v) is 10.3. The lowest BCUT2D eigenvalue weighted by Gasteiger charge is -2.35. The normalized spacial score (nSPS) is 16.5. The maximum atomic E-state index is 12.9. The highest BCUT2D eigenvalue weighted by Gasteiger charge is 2.30. The van der Waals surface area contributed by atoms with E-state index >= 15 is 0 Å². The number of ether oxygens (including phenoxy) is 2. The molecule has 1 atom stereocenters. The fraction of sp³-hybridized carbons (Fsp3) is 0.435. The number of esters is 1. The predicted octanol–water partition coefficient (Wildman–Crippen LogP) is 3.05. The van der Waals surface area contributed by atoms with Crippen LogP contribution in [0.1, 0.15) is 21.5 Å². The Kier molecular flexibility index (Phi) is 8.11. The van der Waals surface area contributed by atoms with Gasteiger partial charge in [-0.25, -0.2) is 4.79 Å². The molecule has 0 amide bonds. The second-order valence-electron chi connectivity index (χ2n) is 7.76. The van der Waals surface area contributed by atoms with Gasteiger partial charge >= 0.3 is 12.1 Å². The number of carbonyl (C=O) groups excluding carboxylic acids is 1. The van der Waals surface area contributed by atoms with Crippen LogP contribution in [0, 0.1) is 0 Å². The summed E-state index contributed by atoms with van der Waals surface area (Å²) in [6.07, 6.45) is -5.03. The van der Waals surface area contributed by atoms with Gasteiger partial charge in [-0.3, -0.25) is 9.80 Å². The third-order valence-corrected chi connectivity index (χ3v) is 5.31. The van der Waals surface area contributed by atoms with E-state index in [0.29, 0.717) is 56.1 Å². The Bertz CT molecular complexity index is 882. The zero-order chi connectivity index (χ0) is 23.1. The molecule has 1 heterocycles. The Morgan fingerprint density at radius 3 is 2.34 bits per heavy atom. The Labute approximate surface area is 185 Å². The van der Waals surface area contributed by atoms with Gasteiger partial charge in [0.15, 0.2) is 0 Å². The van der Waals surface area contributed by atoms with Crippen LogP contribution in [0.4, 0.5) is 13.2 Å². The standard InChI is InChI=1S/C23H27F3N2O4/c1-31-22(30)18-5-7-21(8-6-18)32-16-20(29)15-28-11-9-27(10-12-28)14-17-3-2-4-19(13-17)23(24,25)26/h2-8,13,20,29H,9-12,14-16H2,1H3/t20-/m1/s1. The van der Waals surface area contributed by atoms with Gasteiger partial charge in [0.05, 0.1) is 18.2 Å². The molecule has 1 aliphatic rings. The topological polar surface area (TPSA) is 62.2 Å². The van der Waals surface area contributed by atoms with Crippen molar-refractivity contribution in [1.29, 1.82) is 0 Å². The molecule has 0 unspecified atom stereocenters. The summed E-state index contributed by atoms with van der Waals surface area (Å²) in [5.74, 6) is 0.117. The number of β-amino-alcohol motifs (C(OH)–C–C–N with tert-alkyl or cyclic N) is 1. The van der Waals surface area contributed by atoms with Crippen molar-refractivity contribution >= 4 is 5.97 Å². The van der Waals surface area contributed by atoms with Crippen molar-refractivity contribution in [2.75, 3.05) is 46.4 Å². The SMILES string of the molecule is COC(=O)c1ccc(OC[C@H](O)CN2CCN(Cc3cccc(C(F)(F)F)c3)CC2)cc1. The van der Waals surface area contributed by atoms with Crippen molar-refractivity contribution in [1.82, 2.24) is 9.80 Å². The molecule has 1 fully saturated rings. The minimum atomic E-state index is -4.34. The van der Waals surface area contributed by atoms with Crippen LogP contribution >= 0.6 is 0 Å². The van der Waals surface area contributed by atoms with Crippen molar-refractivity contribution in [3.63, 3.8) is 0 Å². The van der Waals surface area contributed by atoms with Crippen LogP contribution in [0.15, 0.2) is 48.5 Å². The number of alkyl halides is 3. The van der Waals surface area contributed by atoms with Gasteiger partial charge in [-0.15, -0.1) is 0 Å². The van der Waals surface area contributed by atoms with E-state index < -0.39 is 23.8 Å². The van der Waals surface area contributed by atoms with Gasteiger partial charge < -0.3 is 14.6 Å². The maximum Gasteiger partial charge on any atom is 0.416 e. The number of benzene rings is 2. The summed E-state index contributed by atoms with van der Waals surface area (Å²) < 4.78 is 48.9. The third kappa shape index (κ3) is 6.94. The highest BCUT2D eigenvalue weighted by molar-refractivity contribution is 5.89. The van der Waals surface area contributed by atoms with Crippen molar-refractivity contribution in [2.45, 2.75) is 18.8 Å². The van der Waals surface area contributed by atoms with Gasteiger partial charge in [-0.2, -0.15) is 13.2 Å². The first kappa shape index (κ1) is 24.0. The molecule has 0 spiro atoms. The van der Waals surface area contributed by atoms with E-state index in [2.05, 4.69) is 14.5 Å². The minimum absolute atomic E-state index is 0.113. The highest BCUT2D eigenvalue weighted by Crippen LogP contribution is 2.29. The average Bonchev–Trinajstić information content (AvgIpc) is 2.78. The number of aliphatic hydroxyl groups excluding tert-OH is 1. The Morgan fingerprint density at radius 1 is 1.06 bits per heavy atom. The summed E-state index contributed by atoms with van der Waals surface area (Å²) in [4.78, 5) is 15.7. The van der Waals surface area contributed by atoms with Gasteiger partial charge in [0.2, 0.25) is 0 Å². The molecule has 0 radical (unpaired) electrons. The summed E-state index contributed by atoms with van der Waals surface area (Å²) in [6.45, 7) is 3.86. The number of piperazine rings is 1. The van der Waals surface area contributed by atoms with Crippen LogP contribution in [-0.2, 0) is 17.5 Å². The van der Waals surface area contributed by atoms with E-state index in [9.17, 15) is 23.1 Å². The first-order chi connectivity index (χ1) is 15.2. The van der Waals surface area contributed by atoms with Crippen molar-refractivity contribution in [3.05, 3.63) is 65.2 Å². The molecule has 0 aliphatic carbocycles. The molecule has 1 saturated heterocycles. The fourth-order valence-corrected chi connectivity index (χ4v) is 3.58. The van der Waals surface area contributed by atoms with Crippen LogP contribution in [0.5, 0.6) is 5.75 Å². The van der Waals surface area contributed by atoms with E-state index in [0.717, 1.165) is 6.07 Å². The predicted molar refractivity (Wildman–Crippen MR) is 112 cm³/mol. The summed E-state index contributed by atoms with van der Waals surface area (Å²) in [7, 11) is 1.31. The summed E-state index contributed by atoms with van der Waals surface area (Å²) in [5.41, 5.74) is 0.431. The number of nitrogens with zero attached hydrogens (tertiary/aromatic N) is 2. The van der Waals surface area contributed by atoms with Gasteiger partial charge in [-0.05, 0) is 35.9 Å². The Hall–Kier alpha value is -2.62. The third-order valence-electron chi connectivity index (χ3n) is 5.31. The van der Waals surface area contributed by atoms with Gasteiger partial charge in [0, 0.05) is 39.3 Å². The fourth-order valence-electron chi connectivity index (χ4n) is 3.58. The van der Waals surface area contributed by atoms with Crippen molar-refractivity contribution in [2.24, 2.45) is 0 Å². The molecule has 2 aromatic carbocycles. The smallest absolute Gasteiger partial charge is 0.416 e. The molecule has 1 N–H and O–H groups in total. The number of aliphatic hydroxyl groups is 1. The van der Waals surface area contributed by atoms with E-state index in [1.807, 2.05) is 0 Å². The van der Waals surface area contributed by atoms with Crippen LogP contribution < -0.4 is 4.74 Å². The van der Waals surface area contributed by atoms with Crippen LogP contribution in [0.25, 0.3) is 0 Å². The molecule has 9 heteroatoms.